The number of rotatable bonds is 3. The van der Waals surface area contributed by atoms with Gasteiger partial charge in [-0.2, -0.15) is 5.26 Å². The molecule has 0 saturated heterocycles. The van der Waals surface area contributed by atoms with Crippen LogP contribution in [0.15, 0.2) is 18.3 Å². The fourth-order valence-electron chi connectivity index (χ4n) is 2.67. The predicted molar refractivity (Wildman–Crippen MR) is 80.3 cm³/mol. The highest BCUT2D eigenvalue weighted by atomic mass is 14.9. The normalized spacial score (nSPS) is 11.5. The van der Waals surface area contributed by atoms with Crippen LogP contribution in [0.2, 0.25) is 0 Å². The molecule has 2 aromatic rings. The van der Waals surface area contributed by atoms with E-state index in [9.17, 15) is 5.26 Å². The third-order valence-corrected chi connectivity index (χ3v) is 3.60. The molecule has 2 heteroatoms. The molecule has 0 aliphatic rings. The van der Waals surface area contributed by atoms with Crippen molar-refractivity contribution in [3.8, 4) is 6.07 Å². The van der Waals surface area contributed by atoms with Crippen molar-refractivity contribution < 1.29 is 0 Å². The molecule has 100 valence electrons. The van der Waals surface area contributed by atoms with E-state index in [0.717, 1.165) is 17.5 Å². The second kappa shape index (κ2) is 5.09. The van der Waals surface area contributed by atoms with Crippen LogP contribution in [0.1, 0.15) is 50.3 Å². The summed E-state index contributed by atoms with van der Waals surface area (Å²) in [5.74, 6) is 1.07. The minimum Gasteiger partial charge on any atom is -0.349 e. The summed E-state index contributed by atoms with van der Waals surface area (Å²) in [5, 5.41) is 10.6. The molecule has 0 amide bonds. The van der Waals surface area contributed by atoms with Crippen molar-refractivity contribution in [3.63, 3.8) is 0 Å². The number of nitriles is 1. The second-order valence-electron chi connectivity index (χ2n) is 6.09. The summed E-state index contributed by atoms with van der Waals surface area (Å²) in [4.78, 5) is 0. The Balaban J connectivity index is 2.74. The van der Waals surface area contributed by atoms with E-state index in [-0.39, 0.29) is 0 Å². The van der Waals surface area contributed by atoms with E-state index in [2.05, 4.69) is 50.6 Å². The van der Waals surface area contributed by atoms with Gasteiger partial charge in [-0.15, -0.1) is 0 Å². The van der Waals surface area contributed by atoms with Gasteiger partial charge >= 0.3 is 0 Å². The lowest BCUT2D eigenvalue weighted by Gasteiger charge is -2.09. The molecule has 0 spiro atoms. The number of hydrogen-bond donors (Lipinski definition) is 0. The van der Waals surface area contributed by atoms with Crippen molar-refractivity contribution in [1.29, 1.82) is 5.26 Å². The number of fused-ring (bicyclic) bond motifs is 1. The Labute approximate surface area is 115 Å². The second-order valence-corrected chi connectivity index (χ2v) is 6.09. The van der Waals surface area contributed by atoms with Crippen LogP contribution in [-0.4, -0.2) is 4.57 Å². The Bertz CT molecular complexity index is 639. The van der Waals surface area contributed by atoms with Gasteiger partial charge in [0.25, 0.3) is 0 Å². The van der Waals surface area contributed by atoms with Crippen LogP contribution >= 0.6 is 0 Å². The van der Waals surface area contributed by atoms with Crippen molar-refractivity contribution in [1.82, 2.24) is 4.57 Å². The lowest BCUT2D eigenvalue weighted by Crippen LogP contribution is -1.94. The van der Waals surface area contributed by atoms with Gasteiger partial charge in [0.1, 0.15) is 6.07 Å². The standard InChI is InChI=1S/C17H22N2/c1-11(2)6-15-10-19(5)17-14(9-18)7-13(12(3)4)8-16(15)17/h7-8,10-12H,6H2,1-5H3. The van der Waals surface area contributed by atoms with E-state index < -0.39 is 0 Å². The molecule has 2 rings (SSSR count). The third-order valence-electron chi connectivity index (χ3n) is 3.60. The molecule has 0 saturated carbocycles. The van der Waals surface area contributed by atoms with Crippen LogP contribution in [0.3, 0.4) is 0 Å². The van der Waals surface area contributed by atoms with E-state index in [1.807, 2.05) is 13.1 Å². The molecule has 1 aromatic carbocycles. The first kappa shape index (κ1) is 13.7. The van der Waals surface area contributed by atoms with Gasteiger partial charge in [-0.1, -0.05) is 27.7 Å². The number of hydrogen-bond acceptors (Lipinski definition) is 1. The maximum absolute atomic E-state index is 9.39. The molecule has 1 aromatic heterocycles. The molecular formula is C17H22N2. The van der Waals surface area contributed by atoms with Gasteiger partial charge in [-0.25, -0.2) is 0 Å². The maximum atomic E-state index is 9.39. The van der Waals surface area contributed by atoms with Gasteiger partial charge in [-0.05, 0) is 41.5 Å². The van der Waals surface area contributed by atoms with Crippen LogP contribution in [-0.2, 0) is 13.5 Å². The Kier molecular flexibility index (Phi) is 3.66. The third kappa shape index (κ3) is 2.51. The smallest absolute Gasteiger partial charge is 0.101 e. The Morgan fingerprint density at radius 1 is 1.21 bits per heavy atom. The van der Waals surface area contributed by atoms with E-state index >= 15 is 0 Å². The lowest BCUT2D eigenvalue weighted by molar-refractivity contribution is 0.648. The fraction of sp³-hybridized carbons (Fsp3) is 0.471. The molecule has 0 N–H and O–H groups in total. The largest absolute Gasteiger partial charge is 0.349 e. The molecule has 0 aliphatic carbocycles. The predicted octanol–water partition coefficient (Wildman–Crippen LogP) is 4.37. The molecule has 0 bridgehead atoms. The molecule has 0 fully saturated rings. The first-order chi connectivity index (χ1) is 8.93. The summed E-state index contributed by atoms with van der Waals surface area (Å²) in [7, 11) is 2.03. The van der Waals surface area contributed by atoms with Crippen molar-refractivity contribution >= 4 is 10.9 Å². The number of aromatic nitrogens is 1. The Morgan fingerprint density at radius 2 is 1.89 bits per heavy atom. The average molecular weight is 254 g/mol. The maximum Gasteiger partial charge on any atom is 0.101 e. The molecule has 2 nitrogen and oxygen atoms in total. The quantitative estimate of drug-likeness (QED) is 0.799. The first-order valence-electron chi connectivity index (χ1n) is 6.96. The van der Waals surface area contributed by atoms with Crippen LogP contribution in [0.5, 0.6) is 0 Å². The van der Waals surface area contributed by atoms with E-state index in [0.29, 0.717) is 11.8 Å². The van der Waals surface area contributed by atoms with E-state index in [1.165, 1.54) is 16.5 Å². The van der Waals surface area contributed by atoms with E-state index in [1.54, 1.807) is 0 Å². The SMILES string of the molecule is CC(C)Cc1cn(C)c2c(C#N)cc(C(C)C)cc12. The van der Waals surface area contributed by atoms with Crippen molar-refractivity contribution in [2.45, 2.75) is 40.0 Å². The van der Waals surface area contributed by atoms with Crippen molar-refractivity contribution in [3.05, 3.63) is 35.0 Å². The number of benzene rings is 1. The van der Waals surface area contributed by atoms with Gasteiger partial charge in [0.2, 0.25) is 0 Å². The lowest BCUT2D eigenvalue weighted by atomic mass is 9.95. The van der Waals surface area contributed by atoms with Crippen LogP contribution < -0.4 is 0 Å². The molecule has 19 heavy (non-hydrogen) atoms. The van der Waals surface area contributed by atoms with Gasteiger partial charge in [0.15, 0.2) is 0 Å². The zero-order valence-corrected chi connectivity index (χ0v) is 12.5. The summed E-state index contributed by atoms with van der Waals surface area (Å²) < 4.78 is 2.09. The summed E-state index contributed by atoms with van der Waals surface area (Å²) in [6, 6.07) is 6.65. The minimum atomic E-state index is 0.448. The number of nitrogens with zero attached hydrogens (tertiary/aromatic N) is 2. The van der Waals surface area contributed by atoms with Crippen molar-refractivity contribution in [2.75, 3.05) is 0 Å². The summed E-state index contributed by atoms with van der Waals surface area (Å²) in [5.41, 5.74) is 4.47. The summed E-state index contributed by atoms with van der Waals surface area (Å²) in [6.07, 6.45) is 3.24. The topological polar surface area (TPSA) is 28.7 Å². The average Bonchev–Trinajstić information content (AvgIpc) is 2.64. The monoisotopic (exact) mass is 254 g/mol. The highest BCUT2D eigenvalue weighted by molar-refractivity contribution is 5.89. The number of aryl methyl sites for hydroxylation is 1. The summed E-state index contributed by atoms with van der Waals surface area (Å²) in [6.45, 7) is 8.81. The molecule has 1 heterocycles. The van der Waals surface area contributed by atoms with Gasteiger partial charge in [-0.3, -0.25) is 0 Å². The van der Waals surface area contributed by atoms with Crippen LogP contribution in [0.4, 0.5) is 0 Å². The highest BCUT2D eigenvalue weighted by Gasteiger charge is 2.14. The van der Waals surface area contributed by atoms with Gasteiger partial charge in [0.05, 0.1) is 11.1 Å². The summed E-state index contributed by atoms with van der Waals surface area (Å²) >= 11 is 0. The zero-order chi connectivity index (χ0) is 14.2. The molecule has 0 radical (unpaired) electrons. The molecular weight excluding hydrogens is 232 g/mol. The van der Waals surface area contributed by atoms with E-state index in [4.69, 9.17) is 0 Å². The van der Waals surface area contributed by atoms with Gasteiger partial charge in [0, 0.05) is 18.6 Å². The molecule has 0 aliphatic heterocycles. The molecule has 0 atom stereocenters. The Hall–Kier alpha value is -1.75. The van der Waals surface area contributed by atoms with Gasteiger partial charge < -0.3 is 4.57 Å². The minimum absolute atomic E-state index is 0.448. The molecule has 0 unspecified atom stereocenters. The fourth-order valence-corrected chi connectivity index (χ4v) is 2.67. The highest BCUT2D eigenvalue weighted by Crippen LogP contribution is 2.30. The Morgan fingerprint density at radius 3 is 2.42 bits per heavy atom. The van der Waals surface area contributed by atoms with Crippen molar-refractivity contribution in [2.24, 2.45) is 13.0 Å². The zero-order valence-electron chi connectivity index (χ0n) is 12.5. The first-order valence-corrected chi connectivity index (χ1v) is 6.96. The van der Waals surface area contributed by atoms with Crippen LogP contribution in [0, 0.1) is 17.2 Å². The van der Waals surface area contributed by atoms with Crippen LogP contribution in [0.25, 0.3) is 10.9 Å².